The maximum atomic E-state index is 11.6. The van der Waals surface area contributed by atoms with Crippen molar-refractivity contribution in [1.82, 2.24) is 4.90 Å². The van der Waals surface area contributed by atoms with Crippen LogP contribution in [0.4, 0.5) is 0 Å². The van der Waals surface area contributed by atoms with Crippen molar-refractivity contribution in [3.63, 3.8) is 0 Å². The molecule has 16 heavy (non-hydrogen) atoms. The van der Waals surface area contributed by atoms with E-state index >= 15 is 0 Å². The van der Waals surface area contributed by atoms with Crippen LogP contribution in [0.25, 0.3) is 0 Å². The molecule has 5 nitrogen and oxygen atoms in total. The molecule has 0 radical (unpaired) electrons. The van der Waals surface area contributed by atoms with Gasteiger partial charge in [0.1, 0.15) is 6.04 Å². The largest absolute Gasteiger partial charge is 0.468 e. The molecule has 1 atom stereocenters. The number of nitrogens with two attached hydrogens (primary N) is 1. The number of ether oxygens (including phenoxy) is 1. The lowest BCUT2D eigenvalue weighted by atomic mass is 10.4. The first-order valence-corrected chi connectivity index (χ1v) is 6.49. The number of amides is 1. The summed E-state index contributed by atoms with van der Waals surface area (Å²) in [7, 11) is 1.31. The van der Waals surface area contributed by atoms with E-state index in [1.165, 1.54) is 18.9 Å². The first kappa shape index (κ1) is 13.3. The molecular weight excluding hydrogens is 228 g/mol. The van der Waals surface area contributed by atoms with Gasteiger partial charge in [-0.15, -0.1) is 11.8 Å². The topological polar surface area (TPSA) is 72.6 Å². The molecule has 1 saturated heterocycles. The number of carbonyl (C=O) groups excluding carboxylic acids is 2. The predicted octanol–water partition coefficient (Wildman–Crippen LogP) is -0.158. The fourth-order valence-corrected chi connectivity index (χ4v) is 2.42. The molecule has 1 rings (SSSR count). The van der Waals surface area contributed by atoms with E-state index in [1.54, 1.807) is 0 Å². The summed E-state index contributed by atoms with van der Waals surface area (Å²) in [5, 5.41) is 0. The molecule has 0 aromatic rings. The predicted molar refractivity (Wildman–Crippen MR) is 63.1 cm³/mol. The maximum Gasteiger partial charge on any atom is 0.323 e. The highest BCUT2D eigenvalue weighted by Gasteiger charge is 2.19. The van der Waals surface area contributed by atoms with E-state index in [4.69, 9.17) is 5.73 Å². The molecule has 1 fully saturated rings. The lowest BCUT2D eigenvalue weighted by molar-refractivity contribution is -0.141. The molecular formula is C10H18N2O3S. The van der Waals surface area contributed by atoms with Gasteiger partial charge in [0.2, 0.25) is 5.91 Å². The standard InChI is InChI=1S/C10H18N2O3S/c1-15-10(14)8(11)6-16-7-9(13)12-4-2-3-5-12/h8H,2-7,11H2,1H3. The molecule has 2 N–H and O–H groups in total. The highest BCUT2D eigenvalue weighted by molar-refractivity contribution is 8.00. The Balaban J connectivity index is 2.14. The van der Waals surface area contributed by atoms with Crippen LogP contribution in [0.15, 0.2) is 0 Å². The van der Waals surface area contributed by atoms with E-state index in [-0.39, 0.29) is 5.91 Å². The Hall–Kier alpha value is -0.750. The van der Waals surface area contributed by atoms with Gasteiger partial charge in [0.15, 0.2) is 0 Å². The van der Waals surface area contributed by atoms with Crippen LogP contribution < -0.4 is 5.73 Å². The van der Waals surface area contributed by atoms with Gasteiger partial charge in [-0.05, 0) is 12.8 Å². The molecule has 6 heteroatoms. The minimum Gasteiger partial charge on any atom is -0.468 e. The quantitative estimate of drug-likeness (QED) is 0.683. The third-order valence-electron chi connectivity index (χ3n) is 2.49. The summed E-state index contributed by atoms with van der Waals surface area (Å²) >= 11 is 1.38. The zero-order valence-corrected chi connectivity index (χ0v) is 10.3. The second kappa shape index (κ2) is 6.75. The fourth-order valence-electron chi connectivity index (χ4n) is 1.55. The molecule has 0 aromatic heterocycles. The summed E-state index contributed by atoms with van der Waals surface area (Å²) < 4.78 is 4.50. The Bertz CT molecular complexity index is 254. The molecule has 0 aromatic carbocycles. The van der Waals surface area contributed by atoms with Crippen LogP contribution >= 0.6 is 11.8 Å². The van der Waals surface area contributed by atoms with Crippen molar-refractivity contribution in [2.24, 2.45) is 5.73 Å². The van der Waals surface area contributed by atoms with Crippen molar-refractivity contribution in [3.05, 3.63) is 0 Å². The first-order chi connectivity index (χ1) is 7.65. The fraction of sp³-hybridized carbons (Fsp3) is 0.800. The van der Waals surface area contributed by atoms with E-state index < -0.39 is 12.0 Å². The number of methoxy groups -OCH3 is 1. The number of carbonyl (C=O) groups is 2. The smallest absolute Gasteiger partial charge is 0.323 e. The second-order valence-corrected chi connectivity index (χ2v) is 4.76. The van der Waals surface area contributed by atoms with Gasteiger partial charge in [0.25, 0.3) is 0 Å². The molecule has 0 saturated carbocycles. The third kappa shape index (κ3) is 4.02. The van der Waals surface area contributed by atoms with Crippen molar-refractivity contribution in [2.75, 3.05) is 31.7 Å². The SMILES string of the molecule is COC(=O)C(N)CSCC(=O)N1CCCC1. The number of rotatable bonds is 5. The van der Waals surface area contributed by atoms with Crippen molar-refractivity contribution < 1.29 is 14.3 Å². The van der Waals surface area contributed by atoms with E-state index in [0.717, 1.165) is 25.9 Å². The Labute approximate surface area is 99.7 Å². The normalized spacial score (nSPS) is 17.2. The van der Waals surface area contributed by atoms with Gasteiger partial charge in [-0.2, -0.15) is 0 Å². The minimum absolute atomic E-state index is 0.138. The summed E-state index contributed by atoms with van der Waals surface area (Å²) in [5.41, 5.74) is 5.55. The van der Waals surface area contributed by atoms with Crippen molar-refractivity contribution in [3.8, 4) is 0 Å². The minimum atomic E-state index is -0.638. The van der Waals surface area contributed by atoms with Crippen LogP contribution in [0.1, 0.15) is 12.8 Å². The number of nitrogens with zero attached hydrogens (tertiary/aromatic N) is 1. The van der Waals surface area contributed by atoms with Gasteiger partial charge < -0.3 is 15.4 Å². The zero-order chi connectivity index (χ0) is 12.0. The lowest BCUT2D eigenvalue weighted by Gasteiger charge is -2.15. The Kier molecular flexibility index (Phi) is 5.62. The van der Waals surface area contributed by atoms with Gasteiger partial charge in [0, 0.05) is 18.8 Å². The lowest BCUT2D eigenvalue weighted by Crippen LogP contribution is -2.35. The molecule has 1 aliphatic heterocycles. The summed E-state index contributed by atoms with van der Waals surface area (Å²) in [6, 6.07) is -0.638. The van der Waals surface area contributed by atoms with E-state index in [2.05, 4.69) is 4.74 Å². The summed E-state index contributed by atoms with van der Waals surface area (Å²) in [5.74, 6) is 0.525. The molecule has 1 aliphatic rings. The van der Waals surface area contributed by atoms with E-state index in [1.807, 2.05) is 4.90 Å². The zero-order valence-electron chi connectivity index (χ0n) is 9.48. The molecule has 0 aliphatic carbocycles. The van der Waals surface area contributed by atoms with Crippen molar-refractivity contribution in [2.45, 2.75) is 18.9 Å². The highest BCUT2D eigenvalue weighted by Crippen LogP contribution is 2.11. The van der Waals surface area contributed by atoms with E-state index in [9.17, 15) is 9.59 Å². The van der Waals surface area contributed by atoms with Crippen LogP contribution in [-0.4, -0.2) is 54.5 Å². The van der Waals surface area contributed by atoms with Crippen LogP contribution in [0.3, 0.4) is 0 Å². The van der Waals surface area contributed by atoms with Crippen molar-refractivity contribution >= 4 is 23.6 Å². The molecule has 92 valence electrons. The molecule has 1 heterocycles. The van der Waals surface area contributed by atoms with Gasteiger partial charge >= 0.3 is 5.97 Å². The molecule has 1 unspecified atom stereocenters. The van der Waals surface area contributed by atoms with Crippen molar-refractivity contribution in [1.29, 1.82) is 0 Å². The monoisotopic (exact) mass is 246 g/mol. The second-order valence-electron chi connectivity index (χ2n) is 3.73. The van der Waals surface area contributed by atoms with Gasteiger partial charge in [-0.3, -0.25) is 9.59 Å². The van der Waals surface area contributed by atoms with Crippen LogP contribution in [-0.2, 0) is 14.3 Å². The maximum absolute atomic E-state index is 11.6. The van der Waals surface area contributed by atoms with Gasteiger partial charge in [0.05, 0.1) is 12.9 Å². The Morgan fingerprint density at radius 1 is 1.44 bits per heavy atom. The summed E-state index contributed by atoms with van der Waals surface area (Å²) in [6.45, 7) is 1.73. The Morgan fingerprint density at radius 2 is 2.06 bits per heavy atom. The van der Waals surface area contributed by atoms with Gasteiger partial charge in [-0.25, -0.2) is 0 Å². The summed E-state index contributed by atoms with van der Waals surface area (Å²) in [4.78, 5) is 24.5. The number of thioether (sulfide) groups is 1. The number of hydrogen-bond donors (Lipinski definition) is 1. The average Bonchev–Trinajstić information content (AvgIpc) is 2.81. The number of likely N-dealkylation sites (tertiary alicyclic amines) is 1. The van der Waals surface area contributed by atoms with Gasteiger partial charge in [-0.1, -0.05) is 0 Å². The number of esters is 1. The highest BCUT2D eigenvalue weighted by atomic mass is 32.2. The van der Waals surface area contributed by atoms with E-state index in [0.29, 0.717) is 11.5 Å². The molecule has 1 amide bonds. The summed E-state index contributed by atoms with van der Waals surface area (Å²) in [6.07, 6.45) is 2.19. The molecule has 0 bridgehead atoms. The average molecular weight is 246 g/mol. The Morgan fingerprint density at radius 3 is 2.62 bits per heavy atom. The number of hydrogen-bond acceptors (Lipinski definition) is 5. The first-order valence-electron chi connectivity index (χ1n) is 5.34. The third-order valence-corrected chi connectivity index (χ3v) is 3.53. The van der Waals surface area contributed by atoms with Crippen LogP contribution in [0, 0.1) is 0 Å². The van der Waals surface area contributed by atoms with Crippen LogP contribution in [0.5, 0.6) is 0 Å². The molecule has 0 spiro atoms. The van der Waals surface area contributed by atoms with Crippen LogP contribution in [0.2, 0.25) is 0 Å².